The number of hydrogen-bond donors (Lipinski definition) is 0. The summed E-state index contributed by atoms with van der Waals surface area (Å²) in [5, 5.41) is 0. The molecule has 0 aromatic heterocycles. The number of rotatable bonds is 5. The second-order valence-electron chi connectivity index (χ2n) is 4.41. The molecule has 0 saturated carbocycles. The molecule has 0 unspecified atom stereocenters. The molecule has 1 aromatic carbocycles. The molecule has 0 radical (unpaired) electrons. The lowest BCUT2D eigenvalue weighted by Crippen LogP contribution is -1.95. The fraction of sp³-hybridized carbons (Fsp3) is 0.400. The molecule has 0 amide bonds. The first-order chi connectivity index (χ1) is 8.33. The lowest BCUT2D eigenvalue weighted by molar-refractivity contribution is -0.113. The molecular weight excluding hydrogens is 232 g/mol. The van der Waals surface area contributed by atoms with E-state index in [0.29, 0.717) is 18.1 Å². The quantitative estimate of drug-likeness (QED) is 0.564. The Morgan fingerprint density at radius 2 is 1.82 bits per heavy atom. The largest absolute Gasteiger partial charge is 0.294 e. The zero-order chi connectivity index (χ0) is 12.1. The summed E-state index contributed by atoms with van der Waals surface area (Å²) >= 11 is 5.69. The van der Waals surface area contributed by atoms with E-state index in [1.54, 1.807) is 0 Å². The molecule has 1 nitrogen and oxygen atoms in total. The normalized spacial score (nSPS) is 15.7. The van der Waals surface area contributed by atoms with Crippen LogP contribution in [-0.4, -0.2) is 11.7 Å². The number of benzene rings is 1. The number of unbranched alkanes of at least 4 members (excludes halogenated alkanes) is 1. The molecule has 0 spiro atoms. The van der Waals surface area contributed by atoms with Crippen LogP contribution >= 0.6 is 11.6 Å². The molecule has 2 rings (SSSR count). The zero-order valence-electron chi connectivity index (χ0n) is 9.92. The summed E-state index contributed by atoms with van der Waals surface area (Å²) in [4.78, 5) is 11.9. The molecule has 0 N–H and O–H groups in total. The number of carbonyl (C=O) groups excluding carboxylic acids is 1. The van der Waals surface area contributed by atoms with Gasteiger partial charge >= 0.3 is 0 Å². The van der Waals surface area contributed by atoms with Crippen LogP contribution < -0.4 is 0 Å². The lowest BCUT2D eigenvalue weighted by atomic mass is 9.98. The molecule has 2 heteroatoms. The molecule has 0 aliphatic heterocycles. The van der Waals surface area contributed by atoms with E-state index in [-0.39, 0.29) is 0 Å². The summed E-state index contributed by atoms with van der Waals surface area (Å²) in [5.74, 6) is 1.01. The van der Waals surface area contributed by atoms with Gasteiger partial charge < -0.3 is 0 Å². The first kappa shape index (κ1) is 12.4. The Morgan fingerprint density at radius 1 is 1.06 bits per heavy atom. The van der Waals surface area contributed by atoms with Gasteiger partial charge in [-0.25, -0.2) is 0 Å². The Balaban J connectivity index is 2.20. The molecule has 0 atom stereocenters. The summed E-state index contributed by atoms with van der Waals surface area (Å²) in [5.41, 5.74) is 3.38. The second kappa shape index (κ2) is 6.02. The predicted octanol–water partition coefficient (Wildman–Crippen LogP) is 4.21. The van der Waals surface area contributed by atoms with Gasteiger partial charge in [0, 0.05) is 17.9 Å². The molecule has 17 heavy (non-hydrogen) atoms. The smallest absolute Gasteiger partial charge is 0.163 e. The third kappa shape index (κ3) is 2.98. The van der Waals surface area contributed by atoms with Gasteiger partial charge in [-0.2, -0.15) is 0 Å². The third-order valence-corrected chi connectivity index (χ3v) is 3.48. The minimum Gasteiger partial charge on any atom is -0.294 e. The van der Waals surface area contributed by atoms with Gasteiger partial charge in [-0.15, -0.1) is 11.6 Å². The Hall–Kier alpha value is -1.08. The van der Waals surface area contributed by atoms with E-state index in [2.05, 4.69) is 0 Å². The second-order valence-corrected chi connectivity index (χ2v) is 4.79. The number of halogens is 1. The van der Waals surface area contributed by atoms with Gasteiger partial charge in [0.2, 0.25) is 0 Å². The van der Waals surface area contributed by atoms with Gasteiger partial charge in [0.05, 0.1) is 0 Å². The van der Waals surface area contributed by atoms with Crippen LogP contribution in [0.25, 0.3) is 5.57 Å². The Bertz CT molecular complexity index is 420. The maximum Gasteiger partial charge on any atom is 0.163 e. The molecular formula is C15H17ClO. The topological polar surface area (TPSA) is 17.1 Å². The van der Waals surface area contributed by atoms with Gasteiger partial charge in [-0.3, -0.25) is 4.79 Å². The van der Waals surface area contributed by atoms with Crippen molar-refractivity contribution in [2.45, 2.75) is 32.1 Å². The van der Waals surface area contributed by atoms with E-state index < -0.39 is 0 Å². The highest BCUT2D eigenvalue weighted by molar-refractivity contribution is 6.23. The molecule has 1 aromatic rings. The third-order valence-electron chi connectivity index (χ3n) is 3.21. The van der Waals surface area contributed by atoms with Crippen molar-refractivity contribution in [2.75, 3.05) is 5.88 Å². The summed E-state index contributed by atoms with van der Waals surface area (Å²) < 4.78 is 0. The van der Waals surface area contributed by atoms with Crippen LogP contribution in [0.3, 0.4) is 0 Å². The maximum absolute atomic E-state index is 11.9. The van der Waals surface area contributed by atoms with Gasteiger partial charge in [0.25, 0.3) is 0 Å². The Kier molecular flexibility index (Phi) is 4.38. The number of carbonyl (C=O) groups is 1. The molecule has 90 valence electrons. The summed E-state index contributed by atoms with van der Waals surface area (Å²) in [6.07, 6.45) is 4.75. The van der Waals surface area contributed by atoms with Crippen LogP contribution in [0.1, 0.15) is 37.7 Å². The number of allylic oxidation sites excluding steroid dienone is 2. The first-order valence-electron chi connectivity index (χ1n) is 6.19. The first-order valence-corrected chi connectivity index (χ1v) is 6.73. The van der Waals surface area contributed by atoms with E-state index >= 15 is 0 Å². The van der Waals surface area contributed by atoms with Crippen molar-refractivity contribution in [3.63, 3.8) is 0 Å². The van der Waals surface area contributed by atoms with Crippen LogP contribution in [0.5, 0.6) is 0 Å². The number of hydrogen-bond acceptors (Lipinski definition) is 1. The minimum absolute atomic E-state index is 0.303. The average molecular weight is 249 g/mol. The van der Waals surface area contributed by atoms with E-state index in [1.165, 1.54) is 5.57 Å². The van der Waals surface area contributed by atoms with Crippen molar-refractivity contribution in [3.8, 4) is 0 Å². The van der Waals surface area contributed by atoms with Gasteiger partial charge in [-0.05, 0) is 31.2 Å². The summed E-state index contributed by atoms with van der Waals surface area (Å²) in [6.45, 7) is 0. The van der Waals surface area contributed by atoms with Crippen LogP contribution in [0.4, 0.5) is 0 Å². The van der Waals surface area contributed by atoms with Crippen molar-refractivity contribution < 1.29 is 4.79 Å². The highest BCUT2D eigenvalue weighted by Gasteiger charge is 2.23. The fourth-order valence-corrected chi connectivity index (χ4v) is 2.55. The van der Waals surface area contributed by atoms with Crippen molar-refractivity contribution >= 4 is 23.0 Å². The SMILES string of the molecule is O=C1CCC(CCCCCl)=C1c1ccccc1. The minimum atomic E-state index is 0.303. The number of ketones is 1. The van der Waals surface area contributed by atoms with E-state index in [4.69, 9.17) is 11.6 Å². The van der Waals surface area contributed by atoms with Crippen LogP contribution in [-0.2, 0) is 4.79 Å². The molecule has 0 saturated heterocycles. The lowest BCUT2D eigenvalue weighted by Gasteiger charge is -2.06. The van der Waals surface area contributed by atoms with Crippen LogP contribution in [0.15, 0.2) is 35.9 Å². The van der Waals surface area contributed by atoms with Crippen molar-refractivity contribution in [2.24, 2.45) is 0 Å². The molecule has 1 aliphatic carbocycles. The Morgan fingerprint density at radius 3 is 2.53 bits per heavy atom. The monoisotopic (exact) mass is 248 g/mol. The van der Waals surface area contributed by atoms with Gasteiger partial charge in [0.1, 0.15) is 0 Å². The summed E-state index contributed by atoms with van der Waals surface area (Å²) in [6, 6.07) is 10.0. The van der Waals surface area contributed by atoms with Crippen LogP contribution in [0, 0.1) is 0 Å². The van der Waals surface area contributed by atoms with Crippen molar-refractivity contribution in [3.05, 3.63) is 41.5 Å². The van der Waals surface area contributed by atoms with E-state index in [0.717, 1.165) is 36.8 Å². The number of Topliss-reactive ketones (excluding diaryl/α,β-unsaturated/α-hetero) is 1. The molecule has 1 aliphatic rings. The van der Waals surface area contributed by atoms with Gasteiger partial charge in [0.15, 0.2) is 5.78 Å². The molecule has 0 bridgehead atoms. The predicted molar refractivity (Wildman–Crippen MR) is 72.2 cm³/mol. The maximum atomic E-state index is 11.9. The van der Waals surface area contributed by atoms with Gasteiger partial charge in [-0.1, -0.05) is 35.9 Å². The highest BCUT2D eigenvalue weighted by Crippen LogP contribution is 2.33. The summed E-state index contributed by atoms with van der Waals surface area (Å²) in [7, 11) is 0. The Labute approximate surface area is 107 Å². The van der Waals surface area contributed by atoms with Crippen molar-refractivity contribution in [1.29, 1.82) is 0 Å². The van der Waals surface area contributed by atoms with Crippen LogP contribution in [0.2, 0.25) is 0 Å². The fourth-order valence-electron chi connectivity index (χ4n) is 2.36. The number of alkyl halides is 1. The molecule has 0 fully saturated rings. The zero-order valence-corrected chi connectivity index (χ0v) is 10.7. The highest BCUT2D eigenvalue weighted by atomic mass is 35.5. The average Bonchev–Trinajstić information content (AvgIpc) is 2.72. The van der Waals surface area contributed by atoms with E-state index in [1.807, 2.05) is 30.3 Å². The van der Waals surface area contributed by atoms with E-state index in [9.17, 15) is 4.79 Å². The van der Waals surface area contributed by atoms with Crippen molar-refractivity contribution in [1.82, 2.24) is 0 Å². The standard InChI is InChI=1S/C15H17ClO/c16-11-5-4-8-13-9-10-14(17)15(13)12-6-2-1-3-7-12/h1-3,6-7H,4-5,8-11H2. The molecule has 0 heterocycles.